The molecule has 0 saturated heterocycles. The largest absolute Gasteiger partial charge is 0.493 e. The molecule has 9 nitrogen and oxygen atoms in total. The summed E-state index contributed by atoms with van der Waals surface area (Å²) in [6.07, 6.45) is 1.49. The number of hydrogen-bond acceptors (Lipinski definition) is 6. The molecule has 2 aromatic carbocycles. The summed E-state index contributed by atoms with van der Waals surface area (Å²) in [5, 5.41) is 16.7. The maximum absolute atomic E-state index is 12.3. The summed E-state index contributed by atoms with van der Waals surface area (Å²) in [7, 11) is 3.15. The number of carbonyl (C=O) groups is 1. The average molecular weight is 368 g/mol. The maximum Gasteiger partial charge on any atom is 0.319 e. The number of anilines is 1. The Morgan fingerprint density at radius 3 is 2.63 bits per heavy atom. The number of methoxy groups -OCH3 is 2. The van der Waals surface area contributed by atoms with Crippen molar-refractivity contribution < 1.29 is 14.3 Å². The van der Waals surface area contributed by atoms with Crippen LogP contribution in [0.15, 0.2) is 42.7 Å². The molecule has 3 rings (SSSR count). The lowest BCUT2D eigenvalue weighted by atomic mass is 10.2. The van der Waals surface area contributed by atoms with Gasteiger partial charge in [-0.05, 0) is 52.7 Å². The summed E-state index contributed by atoms with van der Waals surface area (Å²) in [4.78, 5) is 12.3. The SMILES string of the molecule is COc1ccc(CNC(=O)Nc2cc(-n3cnnn3)ccc2C)cc1OC. The Balaban J connectivity index is 1.65. The Morgan fingerprint density at radius 2 is 1.93 bits per heavy atom. The number of benzene rings is 2. The molecule has 1 heterocycles. The van der Waals surface area contributed by atoms with Gasteiger partial charge in [0, 0.05) is 12.2 Å². The summed E-state index contributed by atoms with van der Waals surface area (Å²) >= 11 is 0. The van der Waals surface area contributed by atoms with E-state index in [0.717, 1.165) is 16.8 Å². The molecule has 0 aliphatic rings. The van der Waals surface area contributed by atoms with Crippen molar-refractivity contribution in [2.24, 2.45) is 0 Å². The molecule has 0 aliphatic carbocycles. The summed E-state index contributed by atoms with van der Waals surface area (Å²) < 4.78 is 12.0. The van der Waals surface area contributed by atoms with Crippen LogP contribution < -0.4 is 20.1 Å². The number of carbonyl (C=O) groups excluding carboxylic acids is 1. The van der Waals surface area contributed by atoms with E-state index in [9.17, 15) is 4.79 Å². The second-order valence-electron chi connectivity index (χ2n) is 5.75. The van der Waals surface area contributed by atoms with Gasteiger partial charge < -0.3 is 20.1 Å². The number of hydrogen-bond donors (Lipinski definition) is 2. The lowest BCUT2D eigenvalue weighted by molar-refractivity contribution is 0.251. The van der Waals surface area contributed by atoms with Gasteiger partial charge in [0.1, 0.15) is 6.33 Å². The molecule has 0 radical (unpaired) electrons. The molecule has 0 aliphatic heterocycles. The molecule has 9 heteroatoms. The van der Waals surface area contributed by atoms with Crippen LogP contribution in [0.4, 0.5) is 10.5 Å². The number of rotatable bonds is 6. The van der Waals surface area contributed by atoms with Crippen molar-refractivity contribution in [3.63, 3.8) is 0 Å². The monoisotopic (exact) mass is 368 g/mol. The Kier molecular flexibility index (Phi) is 5.50. The summed E-state index contributed by atoms with van der Waals surface area (Å²) in [6.45, 7) is 2.26. The molecule has 2 amide bonds. The van der Waals surface area contributed by atoms with E-state index < -0.39 is 0 Å². The number of aromatic nitrogens is 4. The number of aryl methyl sites for hydroxylation is 1. The van der Waals surface area contributed by atoms with Crippen molar-refractivity contribution in [1.82, 2.24) is 25.5 Å². The quantitative estimate of drug-likeness (QED) is 0.692. The first-order chi connectivity index (χ1) is 13.1. The van der Waals surface area contributed by atoms with Gasteiger partial charge in [-0.25, -0.2) is 9.48 Å². The summed E-state index contributed by atoms with van der Waals surface area (Å²) in [6, 6.07) is 10.7. The predicted molar refractivity (Wildman–Crippen MR) is 99.3 cm³/mol. The third-order valence-corrected chi connectivity index (χ3v) is 3.98. The lowest BCUT2D eigenvalue weighted by Crippen LogP contribution is -2.28. The third kappa shape index (κ3) is 4.32. The van der Waals surface area contributed by atoms with Crippen molar-refractivity contribution in [3.8, 4) is 17.2 Å². The molecule has 0 spiro atoms. The Hall–Kier alpha value is -3.62. The Labute approximate surface area is 156 Å². The number of nitrogens with one attached hydrogen (secondary N) is 2. The summed E-state index contributed by atoms with van der Waals surface area (Å²) in [5.41, 5.74) is 3.24. The Morgan fingerprint density at radius 1 is 1.11 bits per heavy atom. The zero-order valence-electron chi connectivity index (χ0n) is 15.3. The van der Waals surface area contributed by atoms with Crippen LogP contribution in [0.3, 0.4) is 0 Å². The first-order valence-corrected chi connectivity index (χ1v) is 8.20. The van der Waals surface area contributed by atoms with Crippen LogP contribution in [0.5, 0.6) is 11.5 Å². The van der Waals surface area contributed by atoms with Gasteiger partial charge >= 0.3 is 6.03 Å². The van der Waals surface area contributed by atoms with Crippen molar-refractivity contribution >= 4 is 11.7 Å². The first kappa shape index (κ1) is 18.2. The van der Waals surface area contributed by atoms with E-state index in [0.29, 0.717) is 23.7 Å². The number of amides is 2. The van der Waals surface area contributed by atoms with Crippen LogP contribution in [-0.2, 0) is 6.54 Å². The van der Waals surface area contributed by atoms with E-state index in [1.54, 1.807) is 20.3 Å². The molecule has 140 valence electrons. The van der Waals surface area contributed by atoms with Gasteiger partial charge in [0.15, 0.2) is 11.5 Å². The second-order valence-corrected chi connectivity index (χ2v) is 5.75. The van der Waals surface area contributed by atoms with Crippen LogP contribution in [0.1, 0.15) is 11.1 Å². The number of urea groups is 1. The van der Waals surface area contributed by atoms with Crippen LogP contribution in [0, 0.1) is 6.92 Å². The van der Waals surface area contributed by atoms with Crippen molar-refractivity contribution in [1.29, 1.82) is 0 Å². The van der Waals surface area contributed by atoms with Gasteiger partial charge in [-0.15, -0.1) is 5.10 Å². The van der Waals surface area contributed by atoms with Gasteiger partial charge in [-0.1, -0.05) is 12.1 Å². The van der Waals surface area contributed by atoms with Crippen LogP contribution >= 0.6 is 0 Å². The van der Waals surface area contributed by atoms with Gasteiger partial charge in [-0.3, -0.25) is 0 Å². The molecule has 27 heavy (non-hydrogen) atoms. The van der Waals surface area contributed by atoms with Gasteiger partial charge in [-0.2, -0.15) is 0 Å². The smallest absolute Gasteiger partial charge is 0.319 e. The third-order valence-electron chi connectivity index (χ3n) is 3.98. The van der Waals surface area contributed by atoms with Gasteiger partial charge in [0.2, 0.25) is 0 Å². The number of nitrogens with zero attached hydrogens (tertiary/aromatic N) is 4. The van der Waals surface area contributed by atoms with E-state index >= 15 is 0 Å². The van der Waals surface area contributed by atoms with Crippen LogP contribution in [0.25, 0.3) is 5.69 Å². The fraction of sp³-hybridized carbons (Fsp3) is 0.222. The highest BCUT2D eigenvalue weighted by atomic mass is 16.5. The molecule has 1 aromatic heterocycles. The lowest BCUT2D eigenvalue weighted by Gasteiger charge is -2.13. The second kappa shape index (κ2) is 8.17. The van der Waals surface area contributed by atoms with Gasteiger partial charge in [0.25, 0.3) is 0 Å². The first-order valence-electron chi connectivity index (χ1n) is 8.20. The Bertz CT molecular complexity index is 927. The summed E-state index contributed by atoms with van der Waals surface area (Å²) in [5.74, 6) is 1.25. The molecule has 2 N–H and O–H groups in total. The molecule has 0 atom stereocenters. The zero-order valence-corrected chi connectivity index (χ0v) is 15.3. The van der Waals surface area contributed by atoms with E-state index in [4.69, 9.17) is 9.47 Å². The van der Waals surface area contributed by atoms with Crippen LogP contribution in [-0.4, -0.2) is 40.5 Å². The van der Waals surface area contributed by atoms with Gasteiger partial charge in [0.05, 0.1) is 19.9 Å². The average Bonchev–Trinajstić information content (AvgIpc) is 3.22. The molecule has 0 bridgehead atoms. The number of tetrazole rings is 1. The maximum atomic E-state index is 12.3. The van der Waals surface area contributed by atoms with Crippen molar-refractivity contribution in [2.45, 2.75) is 13.5 Å². The van der Waals surface area contributed by atoms with E-state index in [1.807, 2.05) is 37.3 Å². The fourth-order valence-electron chi connectivity index (χ4n) is 2.51. The zero-order chi connectivity index (χ0) is 19.2. The molecular formula is C18H20N6O3. The standard InChI is InChI=1S/C18H20N6O3/c1-12-4-6-14(24-11-20-22-23-24)9-15(12)21-18(25)19-10-13-5-7-16(26-2)17(8-13)27-3/h4-9,11H,10H2,1-3H3,(H2,19,21,25). The highest BCUT2D eigenvalue weighted by Gasteiger charge is 2.09. The van der Waals surface area contributed by atoms with Crippen molar-refractivity contribution in [2.75, 3.05) is 19.5 Å². The predicted octanol–water partition coefficient (Wildman–Crippen LogP) is 2.31. The fourth-order valence-corrected chi connectivity index (χ4v) is 2.51. The highest BCUT2D eigenvalue weighted by molar-refractivity contribution is 5.90. The van der Waals surface area contributed by atoms with Crippen molar-refractivity contribution in [3.05, 3.63) is 53.9 Å². The topological polar surface area (TPSA) is 103 Å². The van der Waals surface area contributed by atoms with E-state index in [2.05, 4.69) is 26.2 Å². The number of ether oxygens (including phenoxy) is 2. The minimum Gasteiger partial charge on any atom is -0.493 e. The normalized spacial score (nSPS) is 10.3. The minimum absolute atomic E-state index is 0.318. The van der Waals surface area contributed by atoms with E-state index in [1.165, 1.54) is 11.0 Å². The minimum atomic E-state index is -0.318. The highest BCUT2D eigenvalue weighted by Crippen LogP contribution is 2.27. The molecule has 0 saturated carbocycles. The van der Waals surface area contributed by atoms with Crippen LogP contribution in [0.2, 0.25) is 0 Å². The molecule has 0 fully saturated rings. The molecule has 0 unspecified atom stereocenters. The molecular weight excluding hydrogens is 348 g/mol. The van der Waals surface area contributed by atoms with E-state index in [-0.39, 0.29) is 6.03 Å². The molecule has 3 aromatic rings.